The predicted molar refractivity (Wildman–Crippen MR) is 48.2 cm³/mol. The summed E-state index contributed by atoms with van der Waals surface area (Å²) in [5.74, 6) is 0. The zero-order chi connectivity index (χ0) is 9.22. The number of morpholine rings is 1. The Kier molecular flexibility index (Phi) is 2.46. The van der Waals surface area contributed by atoms with Crippen LogP contribution in [0.5, 0.6) is 0 Å². The fraction of sp³-hybridized carbons (Fsp3) is 1.00. The highest BCUT2D eigenvalue weighted by molar-refractivity contribution is 5.07. The zero-order valence-electron chi connectivity index (χ0n) is 8.69. The quantitative estimate of drug-likeness (QED) is 0.408. The molecule has 3 rings (SSSR count). The van der Waals surface area contributed by atoms with Crippen molar-refractivity contribution in [2.45, 2.75) is 50.2 Å². The highest BCUT2D eigenvalue weighted by atomic mass is 79.9. The first-order valence-corrected chi connectivity index (χ1v) is 5.35. The number of nitrogens with zero attached hydrogens (tertiary/aromatic N) is 1. The number of hydrogen-bond donors (Lipinski definition) is 1. The highest BCUT2D eigenvalue weighted by Gasteiger charge is 2.70. The van der Waals surface area contributed by atoms with E-state index in [-0.39, 0.29) is 23.1 Å². The smallest absolute Gasteiger partial charge is 0.142 e. The first-order valence-electron chi connectivity index (χ1n) is 5.35. The topological polar surface area (TPSA) is 32.8 Å². The van der Waals surface area contributed by atoms with E-state index in [0.29, 0.717) is 24.3 Å². The molecule has 0 amide bonds. The summed E-state index contributed by atoms with van der Waals surface area (Å²) in [5, 5.41) is 9.69. The SMILES string of the molecule is CC[N+]1(C)[C@@H]2CC(O)C[C@H]1[C@@H]1O[C@@H]12.[Br-]. The number of aliphatic hydroxyl groups excluding tert-OH is 1. The lowest BCUT2D eigenvalue weighted by Gasteiger charge is -2.47. The maximum atomic E-state index is 9.69. The number of rotatable bonds is 1. The first-order chi connectivity index (χ1) is 6.16. The summed E-state index contributed by atoms with van der Waals surface area (Å²) in [7, 11) is 2.33. The van der Waals surface area contributed by atoms with Crippen LogP contribution in [-0.4, -0.2) is 53.6 Å². The Morgan fingerprint density at radius 2 is 1.79 bits per heavy atom. The van der Waals surface area contributed by atoms with Gasteiger partial charge in [0.2, 0.25) is 0 Å². The molecule has 82 valence electrons. The van der Waals surface area contributed by atoms with Gasteiger partial charge in [-0.05, 0) is 6.92 Å². The maximum Gasteiger partial charge on any atom is 0.142 e. The molecule has 3 heterocycles. The van der Waals surface area contributed by atoms with Gasteiger partial charge in [0.25, 0.3) is 0 Å². The Morgan fingerprint density at radius 3 is 2.21 bits per heavy atom. The summed E-state index contributed by atoms with van der Waals surface area (Å²) in [6.07, 6.45) is 2.78. The number of hydrogen-bond acceptors (Lipinski definition) is 2. The Bertz CT molecular complexity index is 230. The Hall–Kier alpha value is 0.360. The maximum absolute atomic E-state index is 9.69. The second kappa shape index (κ2) is 3.17. The summed E-state index contributed by atoms with van der Waals surface area (Å²) >= 11 is 0. The fourth-order valence-electron chi connectivity index (χ4n) is 3.55. The minimum absolute atomic E-state index is 0. The zero-order valence-corrected chi connectivity index (χ0v) is 10.3. The van der Waals surface area contributed by atoms with Gasteiger partial charge in [0, 0.05) is 12.8 Å². The van der Waals surface area contributed by atoms with E-state index in [1.165, 1.54) is 6.54 Å². The third kappa shape index (κ3) is 1.14. The number of ether oxygens (including phenoxy) is 1. The Labute approximate surface area is 95.4 Å². The van der Waals surface area contributed by atoms with Crippen molar-refractivity contribution >= 4 is 0 Å². The molecular weight excluding hydrogens is 246 g/mol. The minimum atomic E-state index is -0.0656. The van der Waals surface area contributed by atoms with Crippen molar-refractivity contribution in [2.75, 3.05) is 13.6 Å². The van der Waals surface area contributed by atoms with Crippen molar-refractivity contribution in [1.82, 2.24) is 0 Å². The van der Waals surface area contributed by atoms with Crippen LogP contribution in [0, 0.1) is 0 Å². The number of likely N-dealkylation sites (N-methyl/N-ethyl adjacent to an activating group) is 1. The highest BCUT2D eigenvalue weighted by Crippen LogP contribution is 2.51. The van der Waals surface area contributed by atoms with E-state index in [2.05, 4.69) is 14.0 Å². The molecule has 0 radical (unpaired) electrons. The van der Waals surface area contributed by atoms with Crippen LogP contribution < -0.4 is 17.0 Å². The van der Waals surface area contributed by atoms with Gasteiger partial charge >= 0.3 is 0 Å². The van der Waals surface area contributed by atoms with E-state index in [1.54, 1.807) is 0 Å². The first kappa shape index (κ1) is 10.9. The largest absolute Gasteiger partial charge is 1.00 e. The van der Waals surface area contributed by atoms with Crippen molar-refractivity contribution in [2.24, 2.45) is 0 Å². The van der Waals surface area contributed by atoms with E-state index >= 15 is 0 Å². The van der Waals surface area contributed by atoms with Crippen molar-refractivity contribution in [3.63, 3.8) is 0 Å². The molecular formula is C10H18BrNO2. The van der Waals surface area contributed by atoms with Crippen molar-refractivity contribution < 1.29 is 31.3 Å². The molecule has 3 fully saturated rings. The third-order valence-electron chi connectivity index (χ3n) is 4.54. The molecule has 1 N–H and O–H groups in total. The standard InChI is InChI=1S/C10H18NO2.BrH/c1-3-11(2)7-4-6(12)5-8(11)10-9(7)13-10;/h6-10,12H,3-5H2,1-2H3;1H/q+1;/p-1/t6?,7-,8+,9-,10+,11?;. The van der Waals surface area contributed by atoms with Gasteiger partial charge in [0.05, 0.1) is 19.7 Å². The summed E-state index contributed by atoms with van der Waals surface area (Å²) in [5.41, 5.74) is 0. The van der Waals surface area contributed by atoms with Gasteiger partial charge in [0.1, 0.15) is 24.3 Å². The normalized spacial score (nSPS) is 58.9. The number of halogens is 1. The summed E-state index contributed by atoms with van der Waals surface area (Å²) < 4.78 is 6.78. The molecule has 4 heteroatoms. The predicted octanol–water partition coefficient (Wildman–Crippen LogP) is -2.87. The van der Waals surface area contributed by atoms with Crippen molar-refractivity contribution in [3.8, 4) is 0 Å². The number of aliphatic hydroxyl groups is 1. The lowest BCUT2D eigenvalue weighted by molar-refractivity contribution is -0.954. The average molecular weight is 264 g/mol. The van der Waals surface area contributed by atoms with E-state index < -0.39 is 0 Å². The van der Waals surface area contributed by atoms with Crippen LogP contribution in [0.15, 0.2) is 0 Å². The number of epoxide rings is 1. The van der Waals surface area contributed by atoms with Crippen molar-refractivity contribution in [3.05, 3.63) is 0 Å². The van der Waals surface area contributed by atoms with Crippen molar-refractivity contribution in [1.29, 1.82) is 0 Å². The van der Waals surface area contributed by atoms with Gasteiger partial charge in [0.15, 0.2) is 0 Å². The molecule has 0 aromatic heterocycles. The van der Waals surface area contributed by atoms with Crippen LogP contribution in [0.1, 0.15) is 19.8 Å². The summed E-state index contributed by atoms with van der Waals surface area (Å²) in [6, 6.07) is 1.15. The minimum Gasteiger partial charge on any atom is -1.00 e. The van der Waals surface area contributed by atoms with E-state index in [9.17, 15) is 5.11 Å². The van der Waals surface area contributed by atoms with Crippen LogP contribution in [0.3, 0.4) is 0 Å². The third-order valence-corrected chi connectivity index (χ3v) is 4.54. The number of piperidine rings is 1. The van der Waals surface area contributed by atoms with Crippen LogP contribution in [0.4, 0.5) is 0 Å². The van der Waals surface area contributed by atoms with Crippen LogP contribution in [0.2, 0.25) is 0 Å². The molecule has 0 spiro atoms. The van der Waals surface area contributed by atoms with E-state index in [4.69, 9.17) is 4.74 Å². The summed E-state index contributed by atoms with van der Waals surface area (Å²) in [6.45, 7) is 3.43. The Morgan fingerprint density at radius 1 is 1.29 bits per heavy atom. The molecule has 0 aromatic carbocycles. The molecule has 0 saturated carbocycles. The average Bonchev–Trinajstić information content (AvgIpc) is 2.83. The van der Waals surface area contributed by atoms with Crippen LogP contribution in [-0.2, 0) is 4.74 Å². The lowest BCUT2D eigenvalue weighted by Crippen LogP contribution is -3.00. The molecule has 14 heavy (non-hydrogen) atoms. The van der Waals surface area contributed by atoms with Gasteiger partial charge in [-0.1, -0.05) is 0 Å². The van der Waals surface area contributed by atoms with E-state index in [0.717, 1.165) is 17.3 Å². The van der Waals surface area contributed by atoms with Crippen LogP contribution >= 0.6 is 0 Å². The molecule has 0 aromatic rings. The van der Waals surface area contributed by atoms with Gasteiger partial charge in [-0.25, -0.2) is 0 Å². The second-order valence-electron chi connectivity index (χ2n) is 4.99. The monoisotopic (exact) mass is 263 g/mol. The lowest BCUT2D eigenvalue weighted by atomic mass is 9.96. The molecule has 3 aliphatic rings. The molecule has 6 atom stereocenters. The summed E-state index contributed by atoms with van der Waals surface area (Å²) in [4.78, 5) is 0. The number of fused-ring (bicyclic) bond motifs is 5. The fourth-order valence-corrected chi connectivity index (χ4v) is 3.55. The van der Waals surface area contributed by atoms with Crippen LogP contribution in [0.25, 0.3) is 0 Å². The van der Waals surface area contributed by atoms with Gasteiger partial charge in [-0.15, -0.1) is 0 Å². The van der Waals surface area contributed by atoms with E-state index in [1.807, 2.05) is 0 Å². The second-order valence-corrected chi connectivity index (χ2v) is 4.99. The van der Waals surface area contributed by atoms with Gasteiger partial charge < -0.3 is 31.3 Å². The molecule has 2 bridgehead atoms. The van der Waals surface area contributed by atoms with Gasteiger partial charge in [-0.2, -0.15) is 0 Å². The Balaban J connectivity index is 0.000000750. The molecule has 3 aliphatic heterocycles. The van der Waals surface area contributed by atoms with Gasteiger partial charge in [-0.3, -0.25) is 0 Å². The number of quaternary nitrogens is 1. The molecule has 3 nitrogen and oxygen atoms in total. The molecule has 2 unspecified atom stereocenters. The molecule has 0 aliphatic carbocycles. The molecule has 3 saturated heterocycles.